The zero-order valence-electron chi connectivity index (χ0n) is 14.2. The lowest BCUT2D eigenvalue weighted by Crippen LogP contribution is -2.48. The van der Waals surface area contributed by atoms with Crippen LogP contribution in [0.5, 0.6) is 0 Å². The predicted molar refractivity (Wildman–Crippen MR) is 88.7 cm³/mol. The Bertz CT molecular complexity index is 612. The maximum atomic E-state index is 11.9. The Morgan fingerprint density at radius 3 is 2.28 bits per heavy atom. The van der Waals surface area contributed by atoms with Gasteiger partial charge in [-0.2, -0.15) is 0 Å². The highest BCUT2D eigenvalue weighted by atomic mass is 16.6. The van der Waals surface area contributed by atoms with Gasteiger partial charge in [-0.15, -0.1) is 0 Å². The summed E-state index contributed by atoms with van der Waals surface area (Å²) < 4.78 is 5.03. The lowest BCUT2D eigenvalue weighted by Gasteiger charge is -2.27. The second-order valence-electron chi connectivity index (χ2n) is 5.67. The number of anilines is 1. The minimum Gasteiger partial charge on any atom is -0.481 e. The van der Waals surface area contributed by atoms with Gasteiger partial charge in [-0.25, -0.2) is 4.79 Å². The fraction of sp³-hybridized carbons (Fsp3) is 0.471. The predicted octanol–water partition coefficient (Wildman–Crippen LogP) is 1.05. The van der Waals surface area contributed by atoms with Crippen LogP contribution in [0.15, 0.2) is 24.3 Å². The molecule has 0 bridgehead atoms. The third-order valence-electron chi connectivity index (χ3n) is 3.76. The molecule has 0 radical (unpaired) electrons. The molecule has 0 unspecified atom stereocenters. The Kier molecular flexibility index (Phi) is 7.53. The maximum Gasteiger partial charge on any atom is 0.341 e. The van der Waals surface area contributed by atoms with E-state index in [0.717, 1.165) is 0 Å². The van der Waals surface area contributed by atoms with Crippen molar-refractivity contribution in [3.8, 4) is 0 Å². The minimum absolute atomic E-state index is 0.0187. The van der Waals surface area contributed by atoms with Crippen molar-refractivity contribution in [1.29, 1.82) is 0 Å². The quantitative estimate of drug-likeness (QED) is 0.488. The third-order valence-corrected chi connectivity index (χ3v) is 3.76. The summed E-state index contributed by atoms with van der Waals surface area (Å²) >= 11 is 0. The number of esters is 1. The molecule has 2 atom stereocenters. The van der Waals surface area contributed by atoms with Crippen molar-refractivity contribution in [3.05, 3.63) is 29.8 Å². The van der Waals surface area contributed by atoms with E-state index < -0.39 is 29.6 Å². The van der Waals surface area contributed by atoms with E-state index in [9.17, 15) is 24.6 Å². The number of hydrogen-bond acceptors (Lipinski definition) is 6. The third kappa shape index (κ3) is 6.17. The van der Waals surface area contributed by atoms with Gasteiger partial charge in [0.1, 0.15) is 6.61 Å². The fourth-order valence-corrected chi connectivity index (χ4v) is 2.01. The molecule has 0 aliphatic heterocycles. The van der Waals surface area contributed by atoms with E-state index in [0.29, 0.717) is 11.3 Å². The van der Waals surface area contributed by atoms with Crippen LogP contribution >= 0.6 is 0 Å². The summed E-state index contributed by atoms with van der Waals surface area (Å²) in [4.78, 5) is 33.8. The first-order valence-corrected chi connectivity index (χ1v) is 7.87. The normalized spacial score (nSPS) is 14.2. The Morgan fingerprint density at radius 1 is 1.20 bits per heavy atom. The number of nitrogens with one attached hydrogen (secondary N) is 1. The van der Waals surface area contributed by atoms with Gasteiger partial charge in [0.2, 0.25) is 5.91 Å². The molecule has 0 heterocycles. The summed E-state index contributed by atoms with van der Waals surface area (Å²) in [5.41, 5.74) is -0.835. The summed E-state index contributed by atoms with van der Waals surface area (Å²) in [6.45, 7) is 2.78. The van der Waals surface area contributed by atoms with Crippen LogP contribution in [0.4, 0.5) is 5.69 Å². The van der Waals surface area contributed by atoms with Gasteiger partial charge >= 0.3 is 11.9 Å². The molecule has 1 aromatic rings. The molecule has 1 amide bonds. The highest BCUT2D eigenvalue weighted by molar-refractivity contribution is 5.92. The van der Waals surface area contributed by atoms with Gasteiger partial charge in [0, 0.05) is 12.1 Å². The van der Waals surface area contributed by atoms with Crippen LogP contribution in [-0.4, -0.2) is 44.9 Å². The number of aliphatic hydroxyl groups is 2. The lowest BCUT2D eigenvalue weighted by atomic mass is 9.95. The molecule has 0 aromatic heterocycles. The number of carbonyl (C=O) groups excluding carboxylic acids is 2. The van der Waals surface area contributed by atoms with Crippen molar-refractivity contribution in [2.45, 2.75) is 51.4 Å². The Morgan fingerprint density at radius 2 is 1.80 bits per heavy atom. The van der Waals surface area contributed by atoms with Crippen LogP contribution in [0.3, 0.4) is 0 Å². The SMILES string of the molecule is CC[C@@](O)(C(=O)OCc1ccc(NC(=O)CCC(=O)O)cc1)[C@@H](C)O. The van der Waals surface area contributed by atoms with Gasteiger partial charge in [0.05, 0.1) is 12.5 Å². The van der Waals surface area contributed by atoms with Gasteiger partial charge in [-0.3, -0.25) is 9.59 Å². The molecule has 8 heteroatoms. The maximum absolute atomic E-state index is 11.9. The summed E-state index contributed by atoms with van der Waals surface area (Å²) in [6, 6.07) is 6.41. The van der Waals surface area contributed by atoms with E-state index in [1.165, 1.54) is 6.92 Å². The summed E-state index contributed by atoms with van der Waals surface area (Å²) in [5, 5.41) is 30.7. The molecule has 138 valence electrons. The number of benzene rings is 1. The molecule has 0 spiro atoms. The van der Waals surface area contributed by atoms with Crippen LogP contribution < -0.4 is 5.32 Å². The Balaban J connectivity index is 2.56. The first-order chi connectivity index (χ1) is 11.7. The van der Waals surface area contributed by atoms with E-state index in [1.807, 2.05) is 0 Å². The number of aliphatic hydroxyl groups excluding tert-OH is 1. The molecular weight excluding hydrogens is 330 g/mol. The Hall–Kier alpha value is -2.45. The van der Waals surface area contributed by atoms with Gasteiger partial charge < -0.3 is 25.4 Å². The first-order valence-electron chi connectivity index (χ1n) is 7.87. The van der Waals surface area contributed by atoms with E-state index in [1.54, 1.807) is 31.2 Å². The number of rotatable bonds is 9. The van der Waals surface area contributed by atoms with Crippen molar-refractivity contribution in [3.63, 3.8) is 0 Å². The number of carboxylic acid groups (broad SMARTS) is 1. The van der Waals surface area contributed by atoms with Crippen molar-refractivity contribution in [2.24, 2.45) is 0 Å². The molecule has 0 aliphatic carbocycles. The topological polar surface area (TPSA) is 133 Å². The van der Waals surface area contributed by atoms with Crippen LogP contribution in [0, 0.1) is 0 Å². The number of carboxylic acids is 1. The van der Waals surface area contributed by atoms with Crippen LogP contribution in [0.1, 0.15) is 38.7 Å². The average Bonchev–Trinajstić information content (AvgIpc) is 2.58. The molecule has 8 nitrogen and oxygen atoms in total. The highest BCUT2D eigenvalue weighted by Gasteiger charge is 2.40. The van der Waals surface area contributed by atoms with Gasteiger partial charge in [-0.05, 0) is 31.0 Å². The number of carbonyl (C=O) groups is 3. The van der Waals surface area contributed by atoms with Crippen molar-refractivity contribution >= 4 is 23.5 Å². The largest absolute Gasteiger partial charge is 0.481 e. The first kappa shape index (κ1) is 20.6. The van der Waals surface area contributed by atoms with E-state index in [-0.39, 0.29) is 25.9 Å². The van der Waals surface area contributed by atoms with Crippen molar-refractivity contribution in [2.75, 3.05) is 5.32 Å². The van der Waals surface area contributed by atoms with Crippen molar-refractivity contribution in [1.82, 2.24) is 0 Å². The molecule has 1 rings (SSSR count). The molecule has 25 heavy (non-hydrogen) atoms. The zero-order chi connectivity index (χ0) is 19.0. The van der Waals surface area contributed by atoms with Crippen LogP contribution in [0.2, 0.25) is 0 Å². The second-order valence-corrected chi connectivity index (χ2v) is 5.67. The number of amides is 1. The zero-order valence-corrected chi connectivity index (χ0v) is 14.2. The average molecular weight is 353 g/mol. The van der Waals surface area contributed by atoms with E-state index >= 15 is 0 Å². The van der Waals surface area contributed by atoms with E-state index in [4.69, 9.17) is 9.84 Å². The van der Waals surface area contributed by atoms with Crippen LogP contribution in [0.25, 0.3) is 0 Å². The standard InChI is InChI=1S/C17H23NO7/c1-3-17(24,11(2)19)16(23)25-10-12-4-6-13(7-5-12)18-14(20)8-9-15(21)22/h4-7,11,19,24H,3,8-10H2,1-2H3,(H,18,20)(H,21,22)/t11-,17+/m1/s1. The van der Waals surface area contributed by atoms with Crippen molar-refractivity contribution < 1.29 is 34.4 Å². The van der Waals surface area contributed by atoms with Gasteiger partial charge in [0.15, 0.2) is 5.60 Å². The highest BCUT2D eigenvalue weighted by Crippen LogP contribution is 2.19. The summed E-state index contributed by atoms with van der Waals surface area (Å²) in [6.07, 6.45) is -1.61. The van der Waals surface area contributed by atoms with Gasteiger partial charge in [-0.1, -0.05) is 19.1 Å². The second kappa shape index (κ2) is 9.14. The molecule has 0 saturated heterocycles. The smallest absolute Gasteiger partial charge is 0.341 e. The molecular formula is C17H23NO7. The molecule has 0 saturated carbocycles. The monoisotopic (exact) mass is 353 g/mol. The summed E-state index contributed by atoms with van der Waals surface area (Å²) in [7, 11) is 0. The lowest BCUT2D eigenvalue weighted by molar-refractivity contribution is -0.179. The fourth-order valence-electron chi connectivity index (χ4n) is 2.01. The minimum atomic E-state index is -1.95. The van der Waals surface area contributed by atoms with Crippen LogP contribution in [-0.2, 0) is 25.7 Å². The number of ether oxygens (including phenoxy) is 1. The van der Waals surface area contributed by atoms with E-state index in [2.05, 4.69) is 5.32 Å². The number of hydrogen-bond donors (Lipinski definition) is 4. The molecule has 1 aromatic carbocycles. The Labute approximate surface area is 145 Å². The molecule has 0 aliphatic rings. The number of aliphatic carboxylic acids is 1. The summed E-state index contributed by atoms with van der Waals surface area (Å²) in [5.74, 6) is -2.36. The molecule has 0 fully saturated rings. The van der Waals surface area contributed by atoms with Gasteiger partial charge in [0.25, 0.3) is 0 Å². The molecule has 4 N–H and O–H groups in total.